The van der Waals surface area contributed by atoms with Crippen molar-refractivity contribution in [2.75, 3.05) is 13.2 Å². The van der Waals surface area contributed by atoms with Gasteiger partial charge in [0.25, 0.3) is 0 Å². The number of hydrogen-bond donors (Lipinski definition) is 2. The molecule has 0 heterocycles. The highest BCUT2D eigenvalue weighted by Gasteiger charge is 2.14. The molecule has 2 N–H and O–H groups in total. The highest BCUT2D eigenvalue weighted by Crippen LogP contribution is 2.01. The van der Waals surface area contributed by atoms with Crippen molar-refractivity contribution >= 4 is 5.91 Å². The van der Waals surface area contributed by atoms with Crippen LogP contribution in [-0.2, 0) is 9.53 Å². The van der Waals surface area contributed by atoms with Gasteiger partial charge in [0.15, 0.2) is 0 Å². The zero-order chi connectivity index (χ0) is 11.8. The molecule has 0 aromatic carbocycles. The maximum Gasteiger partial charge on any atom is 0.246 e. The fourth-order valence-corrected chi connectivity index (χ4v) is 0.932. The number of nitrogens with one attached hydrogen (secondary N) is 1. The molecule has 1 amide bonds. The first-order valence-electron chi connectivity index (χ1n) is 5.53. The van der Waals surface area contributed by atoms with Crippen LogP contribution in [0.5, 0.6) is 0 Å². The molecule has 0 saturated heterocycles. The molecular formula is C11H23NO3. The Morgan fingerprint density at radius 2 is 2.00 bits per heavy atom. The summed E-state index contributed by atoms with van der Waals surface area (Å²) in [5.74, 6) is -0.0550. The Labute approximate surface area is 92.0 Å². The Bertz CT molecular complexity index is 185. The van der Waals surface area contributed by atoms with E-state index < -0.39 is 0 Å². The summed E-state index contributed by atoms with van der Waals surface area (Å²) >= 11 is 0. The minimum atomic E-state index is -0.122. The molecule has 0 rings (SSSR count). The molecule has 0 saturated carbocycles. The van der Waals surface area contributed by atoms with E-state index in [9.17, 15) is 4.79 Å². The molecule has 90 valence electrons. The van der Waals surface area contributed by atoms with Crippen molar-refractivity contribution in [3.8, 4) is 0 Å². The third kappa shape index (κ3) is 6.47. The maximum absolute atomic E-state index is 11.4. The van der Waals surface area contributed by atoms with E-state index in [1.807, 2.05) is 27.7 Å². The molecule has 0 aliphatic heterocycles. The highest BCUT2D eigenvalue weighted by atomic mass is 16.5. The van der Waals surface area contributed by atoms with Crippen molar-refractivity contribution in [2.24, 2.45) is 5.92 Å². The minimum absolute atomic E-state index is 0.0250. The van der Waals surface area contributed by atoms with E-state index in [1.54, 1.807) is 0 Å². The monoisotopic (exact) mass is 217 g/mol. The lowest BCUT2D eigenvalue weighted by Gasteiger charge is -2.19. The molecule has 3 atom stereocenters. The van der Waals surface area contributed by atoms with Crippen LogP contribution in [0.2, 0.25) is 0 Å². The van der Waals surface area contributed by atoms with Crippen LogP contribution in [0.25, 0.3) is 0 Å². The molecule has 0 aromatic rings. The third-order valence-electron chi connectivity index (χ3n) is 2.60. The molecular weight excluding hydrogens is 194 g/mol. The van der Waals surface area contributed by atoms with E-state index >= 15 is 0 Å². The molecule has 4 nitrogen and oxygen atoms in total. The normalized spacial score (nSPS) is 16.9. The molecule has 0 aliphatic rings. The Morgan fingerprint density at radius 1 is 1.40 bits per heavy atom. The van der Waals surface area contributed by atoms with Crippen LogP contribution in [0.1, 0.15) is 34.1 Å². The number of carbonyl (C=O) groups excluding carboxylic acids is 1. The summed E-state index contributed by atoms with van der Waals surface area (Å²) < 4.78 is 5.29. The zero-order valence-corrected chi connectivity index (χ0v) is 10.1. The van der Waals surface area contributed by atoms with Crippen LogP contribution in [0.15, 0.2) is 0 Å². The predicted octanol–water partition coefficient (Wildman–Crippen LogP) is 0.935. The minimum Gasteiger partial charge on any atom is -0.396 e. The molecule has 0 radical (unpaired) electrons. The van der Waals surface area contributed by atoms with Gasteiger partial charge in [0.1, 0.15) is 6.61 Å². The average molecular weight is 217 g/mol. The summed E-state index contributed by atoms with van der Waals surface area (Å²) in [7, 11) is 0. The molecule has 0 aliphatic carbocycles. The van der Waals surface area contributed by atoms with E-state index in [-0.39, 0.29) is 37.2 Å². The van der Waals surface area contributed by atoms with E-state index in [1.165, 1.54) is 0 Å². The average Bonchev–Trinajstić information content (AvgIpc) is 2.24. The fraction of sp³-hybridized carbons (Fsp3) is 0.909. The highest BCUT2D eigenvalue weighted by molar-refractivity contribution is 5.77. The fourth-order valence-electron chi connectivity index (χ4n) is 0.932. The summed E-state index contributed by atoms with van der Waals surface area (Å²) in [5, 5.41) is 11.7. The number of amides is 1. The second-order valence-corrected chi connectivity index (χ2v) is 4.05. The first-order valence-corrected chi connectivity index (χ1v) is 5.53. The molecule has 0 spiro atoms. The smallest absolute Gasteiger partial charge is 0.246 e. The summed E-state index contributed by atoms with van der Waals surface area (Å²) in [6.45, 7) is 7.89. The van der Waals surface area contributed by atoms with E-state index in [0.29, 0.717) is 0 Å². The molecule has 4 heteroatoms. The van der Waals surface area contributed by atoms with Crippen molar-refractivity contribution < 1.29 is 14.6 Å². The second kappa shape index (κ2) is 7.65. The number of hydrogen-bond acceptors (Lipinski definition) is 3. The van der Waals surface area contributed by atoms with Crippen LogP contribution < -0.4 is 5.32 Å². The Morgan fingerprint density at radius 3 is 2.47 bits per heavy atom. The number of aliphatic hydroxyl groups excluding tert-OH is 1. The van der Waals surface area contributed by atoms with Gasteiger partial charge >= 0.3 is 0 Å². The van der Waals surface area contributed by atoms with E-state index in [0.717, 1.165) is 6.42 Å². The second-order valence-electron chi connectivity index (χ2n) is 4.05. The lowest BCUT2D eigenvalue weighted by atomic mass is 10.1. The van der Waals surface area contributed by atoms with Crippen LogP contribution in [0, 0.1) is 5.92 Å². The summed E-state index contributed by atoms with van der Waals surface area (Å²) in [5.41, 5.74) is 0. The third-order valence-corrected chi connectivity index (χ3v) is 2.60. The number of ether oxygens (including phenoxy) is 1. The van der Waals surface area contributed by atoms with Gasteiger partial charge in [0.2, 0.25) is 5.91 Å². The Kier molecular flexibility index (Phi) is 7.34. The number of rotatable bonds is 7. The maximum atomic E-state index is 11.4. The summed E-state index contributed by atoms with van der Waals surface area (Å²) in [4.78, 5) is 11.4. The van der Waals surface area contributed by atoms with Crippen LogP contribution in [0.4, 0.5) is 0 Å². The summed E-state index contributed by atoms with van der Waals surface area (Å²) in [6.07, 6.45) is 1.01. The van der Waals surface area contributed by atoms with Gasteiger partial charge in [-0.1, -0.05) is 13.8 Å². The van der Waals surface area contributed by atoms with E-state index in [2.05, 4.69) is 5.32 Å². The van der Waals surface area contributed by atoms with Crippen molar-refractivity contribution in [3.63, 3.8) is 0 Å². The van der Waals surface area contributed by atoms with Gasteiger partial charge in [0.05, 0.1) is 6.10 Å². The van der Waals surface area contributed by atoms with Gasteiger partial charge in [-0.2, -0.15) is 0 Å². The Balaban J connectivity index is 3.73. The van der Waals surface area contributed by atoms with Crippen LogP contribution in [-0.4, -0.2) is 36.4 Å². The Hall–Kier alpha value is -0.610. The van der Waals surface area contributed by atoms with Gasteiger partial charge < -0.3 is 15.2 Å². The van der Waals surface area contributed by atoms with Crippen molar-refractivity contribution in [1.29, 1.82) is 0 Å². The van der Waals surface area contributed by atoms with Gasteiger partial charge in [-0.25, -0.2) is 0 Å². The van der Waals surface area contributed by atoms with Gasteiger partial charge in [0, 0.05) is 12.6 Å². The van der Waals surface area contributed by atoms with Crippen LogP contribution in [0.3, 0.4) is 0 Å². The largest absolute Gasteiger partial charge is 0.396 e. The van der Waals surface area contributed by atoms with Crippen LogP contribution >= 0.6 is 0 Å². The lowest BCUT2D eigenvalue weighted by Crippen LogP contribution is -2.40. The van der Waals surface area contributed by atoms with E-state index in [4.69, 9.17) is 9.84 Å². The molecule has 15 heavy (non-hydrogen) atoms. The zero-order valence-electron chi connectivity index (χ0n) is 10.1. The molecule has 0 bridgehead atoms. The molecule has 3 unspecified atom stereocenters. The van der Waals surface area contributed by atoms with Gasteiger partial charge in [-0.15, -0.1) is 0 Å². The predicted molar refractivity (Wildman–Crippen MR) is 59.6 cm³/mol. The quantitative estimate of drug-likeness (QED) is 0.667. The topological polar surface area (TPSA) is 58.6 Å². The number of carbonyl (C=O) groups is 1. The standard InChI is InChI=1S/C11H23NO3/c1-5-9(3)15-7-11(14)12-10(4)8(2)6-13/h8-10,13H,5-7H2,1-4H3,(H,12,14). The van der Waals surface area contributed by atoms with Gasteiger partial charge in [-0.05, 0) is 26.2 Å². The van der Waals surface area contributed by atoms with Crippen molar-refractivity contribution in [2.45, 2.75) is 46.3 Å². The first kappa shape index (κ1) is 14.4. The SMILES string of the molecule is CCC(C)OCC(=O)NC(C)C(C)CO. The van der Waals surface area contributed by atoms with Crippen molar-refractivity contribution in [3.05, 3.63) is 0 Å². The molecule has 0 aromatic heterocycles. The number of aliphatic hydroxyl groups is 1. The molecule has 0 fully saturated rings. The lowest BCUT2D eigenvalue weighted by molar-refractivity contribution is -0.128. The van der Waals surface area contributed by atoms with Gasteiger partial charge in [-0.3, -0.25) is 4.79 Å². The summed E-state index contributed by atoms with van der Waals surface area (Å²) in [6, 6.07) is -0.0250. The van der Waals surface area contributed by atoms with Crippen molar-refractivity contribution in [1.82, 2.24) is 5.32 Å². The first-order chi connectivity index (χ1) is 7.01.